The molecule has 2 aromatic carbocycles. The second-order valence-electron chi connectivity index (χ2n) is 8.49. The third-order valence-electron chi connectivity index (χ3n) is 5.98. The highest BCUT2D eigenvalue weighted by Crippen LogP contribution is 2.37. The number of hydrogen-bond acceptors (Lipinski definition) is 4. The Morgan fingerprint density at radius 3 is 2.35 bits per heavy atom. The maximum atomic E-state index is 13.0. The van der Waals surface area contributed by atoms with E-state index in [1.54, 1.807) is 23.2 Å². The fourth-order valence-corrected chi connectivity index (χ4v) is 4.24. The fraction of sp³-hybridized carbons (Fsp3) is 0.192. The van der Waals surface area contributed by atoms with E-state index in [9.17, 15) is 13.2 Å². The number of benzene rings is 2. The highest BCUT2D eigenvalue weighted by Gasteiger charge is 2.37. The lowest BCUT2D eigenvalue weighted by atomic mass is 9.80. The minimum Gasteiger partial charge on any atom is -0.448 e. The maximum absolute atomic E-state index is 13.0. The zero-order chi connectivity index (χ0) is 23.9. The first-order valence-electron chi connectivity index (χ1n) is 10.7. The largest absolute Gasteiger partial charge is 0.448 e. The standard InChI is InChI=1S/C26H21F3N4O/c1-17-16-34-24(32-17)25(2,14-18-6-4-3-5-7-18)22-12-13-30-23-21(15-31-33(22)23)19-8-10-20(11-9-19)26(27,28)29/h3-13,15-16H,14H2,1-2H3. The summed E-state index contributed by atoms with van der Waals surface area (Å²) in [6, 6.07) is 16.9. The van der Waals surface area contributed by atoms with Gasteiger partial charge in [-0.3, -0.25) is 0 Å². The van der Waals surface area contributed by atoms with E-state index in [4.69, 9.17) is 4.42 Å². The first kappa shape index (κ1) is 21.9. The van der Waals surface area contributed by atoms with Crippen LogP contribution in [0.2, 0.25) is 0 Å². The highest BCUT2D eigenvalue weighted by atomic mass is 19.4. The molecule has 0 aliphatic rings. The molecule has 0 aliphatic heterocycles. The predicted molar refractivity (Wildman–Crippen MR) is 121 cm³/mol. The molecule has 0 saturated heterocycles. The van der Waals surface area contributed by atoms with Crippen molar-refractivity contribution in [2.45, 2.75) is 31.9 Å². The van der Waals surface area contributed by atoms with Crippen molar-refractivity contribution in [1.29, 1.82) is 0 Å². The van der Waals surface area contributed by atoms with Gasteiger partial charge in [0.05, 0.1) is 28.6 Å². The molecule has 3 heterocycles. The van der Waals surface area contributed by atoms with Crippen molar-refractivity contribution in [2.75, 3.05) is 0 Å². The van der Waals surface area contributed by atoms with Gasteiger partial charge >= 0.3 is 6.18 Å². The van der Waals surface area contributed by atoms with Gasteiger partial charge in [0.2, 0.25) is 5.89 Å². The van der Waals surface area contributed by atoms with Gasteiger partial charge in [-0.05, 0) is 49.6 Å². The van der Waals surface area contributed by atoms with Gasteiger partial charge in [0.15, 0.2) is 5.65 Å². The second kappa shape index (κ2) is 8.13. The summed E-state index contributed by atoms with van der Waals surface area (Å²) >= 11 is 0. The van der Waals surface area contributed by atoms with Crippen LogP contribution in [-0.2, 0) is 18.0 Å². The molecule has 5 nitrogen and oxygen atoms in total. The van der Waals surface area contributed by atoms with E-state index in [2.05, 4.69) is 15.1 Å². The van der Waals surface area contributed by atoms with Crippen molar-refractivity contribution in [3.63, 3.8) is 0 Å². The summed E-state index contributed by atoms with van der Waals surface area (Å²) in [6.45, 7) is 3.91. The lowest BCUT2D eigenvalue weighted by molar-refractivity contribution is -0.137. The van der Waals surface area contributed by atoms with Crippen molar-refractivity contribution in [3.8, 4) is 11.1 Å². The molecule has 3 aromatic heterocycles. The number of fused-ring (bicyclic) bond motifs is 1. The Labute approximate surface area is 193 Å². The number of rotatable bonds is 5. The third-order valence-corrected chi connectivity index (χ3v) is 5.98. The lowest BCUT2D eigenvalue weighted by Gasteiger charge is -2.27. The minimum atomic E-state index is -4.39. The van der Waals surface area contributed by atoms with Crippen molar-refractivity contribution in [3.05, 3.63) is 108 Å². The molecule has 1 unspecified atom stereocenters. The summed E-state index contributed by atoms with van der Waals surface area (Å²) in [5.74, 6) is 0.549. The van der Waals surface area contributed by atoms with Gasteiger partial charge < -0.3 is 4.42 Å². The van der Waals surface area contributed by atoms with E-state index in [-0.39, 0.29) is 0 Å². The Kier molecular flexibility index (Phi) is 5.23. The molecule has 0 fully saturated rings. The Morgan fingerprint density at radius 1 is 0.971 bits per heavy atom. The van der Waals surface area contributed by atoms with Gasteiger partial charge in [-0.2, -0.15) is 18.3 Å². The Balaban J connectivity index is 1.64. The van der Waals surface area contributed by atoms with Gasteiger partial charge in [-0.1, -0.05) is 42.5 Å². The van der Waals surface area contributed by atoms with E-state index in [0.717, 1.165) is 29.1 Å². The van der Waals surface area contributed by atoms with Crippen LogP contribution in [0.1, 0.15) is 35.3 Å². The zero-order valence-electron chi connectivity index (χ0n) is 18.5. The summed E-state index contributed by atoms with van der Waals surface area (Å²) in [5.41, 5.74) is 3.08. The predicted octanol–water partition coefficient (Wildman–Crippen LogP) is 6.26. The third kappa shape index (κ3) is 3.85. The molecule has 0 bridgehead atoms. The van der Waals surface area contributed by atoms with Crippen LogP contribution < -0.4 is 0 Å². The summed E-state index contributed by atoms with van der Waals surface area (Å²) in [6.07, 6.45) is 1.13. The van der Waals surface area contributed by atoms with E-state index >= 15 is 0 Å². The molecular weight excluding hydrogens is 441 g/mol. The van der Waals surface area contributed by atoms with Crippen LogP contribution in [0.25, 0.3) is 16.8 Å². The summed E-state index contributed by atoms with van der Waals surface area (Å²) in [7, 11) is 0. The molecule has 8 heteroatoms. The van der Waals surface area contributed by atoms with Crippen molar-refractivity contribution < 1.29 is 17.6 Å². The van der Waals surface area contributed by atoms with Crippen LogP contribution in [0.5, 0.6) is 0 Å². The average Bonchev–Trinajstić information content (AvgIpc) is 3.46. The van der Waals surface area contributed by atoms with Gasteiger partial charge in [-0.25, -0.2) is 14.5 Å². The Morgan fingerprint density at radius 2 is 1.71 bits per heavy atom. The van der Waals surface area contributed by atoms with Gasteiger partial charge in [0.25, 0.3) is 0 Å². The quantitative estimate of drug-likeness (QED) is 0.309. The number of hydrogen-bond donors (Lipinski definition) is 0. The maximum Gasteiger partial charge on any atom is 0.416 e. The topological polar surface area (TPSA) is 56.2 Å². The number of alkyl halides is 3. The molecular formula is C26H21F3N4O. The highest BCUT2D eigenvalue weighted by molar-refractivity contribution is 5.77. The molecule has 34 heavy (non-hydrogen) atoms. The van der Waals surface area contributed by atoms with E-state index in [0.29, 0.717) is 29.1 Å². The number of oxazole rings is 1. The molecule has 0 N–H and O–H groups in total. The molecule has 5 rings (SSSR count). The normalized spacial score (nSPS) is 13.8. The molecule has 0 amide bonds. The van der Waals surface area contributed by atoms with Crippen LogP contribution in [0.15, 0.2) is 83.7 Å². The van der Waals surface area contributed by atoms with E-state index < -0.39 is 17.2 Å². The molecule has 0 saturated carbocycles. The number of halogens is 3. The molecule has 5 aromatic rings. The molecule has 0 radical (unpaired) electrons. The van der Waals surface area contributed by atoms with Crippen LogP contribution >= 0.6 is 0 Å². The van der Waals surface area contributed by atoms with Gasteiger partial charge in [-0.15, -0.1) is 0 Å². The minimum absolute atomic E-state index is 0.542. The van der Waals surface area contributed by atoms with Gasteiger partial charge in [0, 0.05) is 11.8 Å². The number of aryl methyl sites for hydroxylation is 1. The molecule has 1 atom stereocenters. The SMILES string of the molecule is Cc1coc(C(C)(Cc2ccccc2)c2ccnc3c(-c4ccc(C(F)(F)F)cc4)cnn23)n1. The van der Waals surface area contributed by atoms with Crippen LogP contribution in [0.3, 0.4) is 0 Å². The van der Waals surface area contributed by atoms with Crippen molar-refractivity contribution >= 4 is 5.65 Å². The van der Waals surface area contributed by atoms with Crippen LogP contribution in [0, 0.1) is 6.92 Å². The van der Waals surface area contributed by atoms with Crippen molar-refractivity contribution in [1.82, 2.24) is 19.6 Å². The number of nitrogens with zero attached hydrogens (tertiary/aromatic N) is 4. The monoisotopic (exact) mass is 462 g/mol. The average molecular weight is 462 g/mol. The van der Waals surface area contributed by atoms with Crippen LogP contribution in [0.4, 0.5) is 13.2 Å². The van der Waals surface area contributed by atoms with E-state index in [1.165, 1.54) is 12.1 Å². The molecule has 0 aliphatic carbocycles. The summed E-state index contributed by atoms with van der Waals surface area (Å²) < 4.78 is 46.6. The summed E-state index contributed by atoms with van der Waals surface area (Å²) in [4.78, 5) is 9.12. The first-order chi connectivity index (χ1) is 16.3. The summed E-state index contributed by atoms with van der Waals surface area (Å²) in [5, 5.41) is 4.57. The fourth-order valence-electron chi connectivity index (χ4n) is 4.24. The van der Waals surface area contributed by atoms with Gasteiger partial charge in [0.1, 0.15) is 6.26 Å². The Bertz CT molecular complexity index is 1440. The van der Waals surface area contributed by atoms with Crippen LogP contribution in [-0.4, -0.2) is 19.6 Å². The molecule has 172 valence electrons. The second-order valence-corrected chi connectivity index (χ2v) is 8.49. The van der Waals surface area contributed by atoms with E-state index in [1.807, 2.05) is 50.2 Å². The first-order valence-corrected chi connectivity index (χ1v) is 10.7. The van der Waals surface area contributed by atoms with Crippen molar-refractivity contribution in [2.24, 2.45) is 0 Å². The number of aromatic nitrogens is 4. The lowest BCUT2D eigenvalue weighted by Crippen LogP contribution is -2.30. The zero-order valence-corrected chi connectivity index (χ0v) is 18.5. The molecule has 0 spiro atoms. The smallest absolute Gasteiger partial charge is 0.416 e. The Hall–Kier alpha value is -3.94.